The first kappa shape index (κ1) is 16.1. The largest absolute Gasteiger partial charge is 0.497 e. The van der Waals surface area contributed by atoms with Gasteiger partial charge >= 0.3 is 5.97 Å². The zero-order chi connectivity index (χ0) is 16.1. The maximum Gasteiger partial charge on any atom is 0.341 e. The number of carbonyl (C=O) groups excluding carboxylic acids is 2. The summed E-state index contributed by atoms with van der Waals surface area (Å²) in [5.74, 6) is 0.642. The second-order valence-electron chi connectivity index (χ2n) is 5.34. The third-order valence-electron chi connectivity index (χ3n) is 3.67. The SMILES string of the molecule is COC(=O)c1cc(OC)ccc1OCC(=O)N[C@H](C)C1CC1. The first-order chi connectivity index (χ1) is 10.5. The number of rotatable bonds is 7. The van der Waals surface area contributed by atoms with Crippen LogP contribution >= 0.6 is 0 Å². The molecular weight excluding hydrogens is 286 g/mol. The number of ether oxygens (including phenoxy) is 3. The van der Waals surface area contributed by atoms with Crippen LogP contribution in [0.4, 0.5) is 0 Å². The maximum absolute atomic E-state index is 11.9. The van der Waals surface area contributed by atoms with Crippen molar-refractivity contribution >= 4 is 11.9 Å². The van der Waals surface area contributed by atoms with E-state index in [1.807, 2.05) is 6.92 Å². The number of hydrogen-bond acceptors (Lipinski definition) is 5. The molecule has 0 saturated heterocycles. The van der Waals surface area contributed by atoms with Crippen LogP contribution in [0.5, 0.6) is 11.5 Å². The van der Waals surface area contributed by atoms with E-state index in [9.17, 15) is 9.59 Å². The smallest absolute Gasteiger partial charge is 0.341 e. The fraction of sp³-hybridized carbons (Fsp3) is 0.500. The summed E-state index contributed by atoms with van der Waals surface area (Å²) >= 11 is 0. The molecule has 6 heteroatoms. The molecule has 1 saturated carbocycles. The lowest BCUT2D eigenvalue weighted by Crippen LogP contribution is -2.37. The van der Waals surface area contributed by atoms with Gasteiger partial charge in [-0.25, -0.2) is 4.79 Å². The predicted molar refractivity (Wildman–Crippen MR) is 80.2 cm³/mol. The number of amides is 1. The maximum atomic E-state index is 11.9. The van der Waals surface area contributed by atoms with E-state index in [1.54, 1.807) is 12.1 Å². The van der Waals surface area contributed by atoms with Crippen LogP contribution in [-0.4, -0.2) is 38.7 Å². The van der Waals surface area contributed by atoms with Crippen molar-refractivity contribution in [3.63, 3.8) is 0 Å². The average molecular weight is 307 g/mol. The van der Waals surface area contributed by atoms with E-state index < -0.39 is 5.97 Å². The highest BCUT2D eigenvalue weighted by molar-refractivity contribution is 5.93. The van der Waals surface area contributed by atoms with Crippen molar-refractivity contribution in [3.8, 4) is 11.5 Å². The van der Waals surface area contributed by atoms with Crippen LogP contribution in [0, 0.1) is 5.92 Å². The zero-order valence-electron chi connectivity index (χ0n) is 13.0. The topological polar surface area (TPSA) is 73.9 Å². The molecule has 1 amide bonds. The van der Waals surface area contributed by atoms with Gasteiger partial charge in [0.2, 0.25) is 0 Å². The Bertz CT molecular complexity index is 553. The molecule has 1 aromatic carbocycles. The van der Waals surface area contributed by atoms with E-state index in [2.05, 4.69) is 5.32 Å². The molecule has 1 aromatic rings. The van der Waals surface area contributed by atoms with Gasteiger partial charge in [0.1, 0.15) is 17.1 Å². The Morgan fingerprint density at radius 3 is 2.64 bits per heavy atom. The van der Waals surface area contributed by atoms with Crippen molar-refractivity contribution < 1.29 is 23.8 Å². The Balaban J connectivity index is 1.98. The second-order valence-corrected chi connectivity index (χ2v) is 5.34. The summed E-state index contributed by atoms with van der Waals surface area (Å²) in [7, 11) is 2.79. The van der Waals surface area contributed by atoms with Crippen LogP contribution in [0.2, 0.25) is 0 Å². The molecule has 0 bridgehead atoms. The Morgan fingerprint density at radius 2 is 2.05 bits per heavy atom. The molecular formula is C16H21NO5. The molecule has 0 heterocycles. The lowest BCUT2D eigenvalue weighted by Gasteiger charge is -2.14. The van der Waals surface area contributed by atoms with Gasteiger partial charge in [-0.2, -0.15) is 0 Å². The summed E-state index contributed by atoms with van der Waals surface area (Å²) in [4.78, 5) is 23.6. The Kier molecular flexibility index (Phi) is 5.25. The standard InChI is InChI=1S/C16H21NO5/c1-10(11-4-5-11)17-15(18)9-22-14-7-6-12(20-2)8-13(14)16(19)21-3/h6-8,10-11H,4-5,9H2,1-3H3,(H,17,18)/t10-/m1/s1. The van der Waals surface area contributed by atoms with Crippen molar-refractivity contribution in [2.75, 3.05) is 20.8 Å². The highest BCUT2D eigenvalue weighted by Crippen LogP contribution is 2.32. The highest BCUT2D eigenvalue weighted by atomic mass is 16.5. The Labute approximate surface area is 129 Å². The zero-order valence-corrected chi connectivity index (χ0v) is 13.0. The molecule has 1 atom stereocenters. The minimum absolute atomic E-state index is 0.145. The predicted octanol–water partition coefficient (Wildman–Crippen LogP) is 1.78. The van der Waals surface area contributed by atoms with Crippen molar-refractivity contribution in [1.29, 1.82) is 0 Å². The van der Waals surface area contributed by atoms with Crippen LogP contribution in [0.25, 0.3) is 0 Å². The number of benzene rings is 1. The summed E-state index contributed by atoms with van der Waals surface area (Å²) in [6, 6.07) is 4.92. The molecule has 0 aliphatic heterocycles. The second kappa shape index (κ2) is 7.15. The number of nitrogens with one attached hydrogen (secondary N) is 1. The van der Waals surface area contributed by atoms with Gasteiger partial charge in [-0.3, -0.25) is 4.79 Å². The van der Waals surface area contributed by atoms with Crippen molar-refractivity contribution in [3.05, 3.63) is 23.8 Å². The molecule has 2 rings (SSSR count). The molecule has 1 aliphatic rings. The summed E-state index contributed by atoms with van der Waals surface area (Å²) < 4.78 is 15.2. The fourth-order valence-electron chi connectivity index (χ4n) is 2.18. The first-order valence-electron chi connectivity index (χ1n) is 7.23. The van der Waals surface area contributed by atoms with E-state index in [0.29, 0.717) is 17.4 Å². The quantitative estimate of drug-likeness (QED) is 0.777. The van der Waals surface area contributed by atoms with Crippen LogP contribution < -0.4 is 14.8 Å². The van der Waals surface area contributed by atoms with Crippen LogP contribution in [-0.2, 0) is 9.53 Å². The Morgan fingerprint density at radius 1 is 1.32 bits per heavy atom. The third-order valence-corrected chi connectivity index (χ3v) is 3.67. The van der Waals surface area contributed by atoms with Crippen molar-refractivity contribution in [2.24, 2.45) is 5.92 Å². The minimum atomic E-state index is -0.541. The summed E-state index contributed by atoms with van der Waals surface area (Å²) in [6.07, 6.45) is 2.32. The van der Waals surface area contributed by atoms with Crippen LogP contribution in [0.15, 0.2) is 18.2 Å². The van der Waals surface area contributed by atoms with E-state index in [0.717, 1.165) is 12.8 Å². The number of methoxy groups -OCH3 is 2. The molecule has 0 unspecified atom stereocenters. The third kappa shape index (κ3) is 4.13. The molecule has 1 fully saturated rings. The normalized spacial score (nSPS) is 14.9. The summed E-state index contributed by atoms with van der Waals surface area (Å²) in [5.41, 5.74) is 0.227. The van der Waals surface area contributed by atoms with Gasteiger partial charge in [0.15, 0.2) is 6.61 Å². The van der Waals surface area contributed by atoms with E-state index in [4.69, 9.17) is 14.2 Å². The molecule has 0 radical (unpaired) electrons. The molecule has 0 spiro atoms. The first-order valence-corrected chi connectivity index (χ1v) is 7.23. The van der Waals surface area contributed by atoms with Gasteiger partial charge in [-0.1, -0.05) is 0 Å². The molecule has 6 nitrogen and oxygen atoms in total. The molecule has 22 heavy (non-hydrogen) atoms. The van der Waals surface area contributed by atoms with Crippen LogP contribution in [0.1, 0.15) is 30.1 Å². The lowest BCUT2D eigenvalue weighted by atomic mass is 10.2. The molecule has 1 aliphatic carbocycles. The minimum Gasteiger partial charge on any atom is -0.497 e. The van der Waals surface area contributed by atoms with Gasteiger partial charge in [0.25, 0.3) is 5.91 Å². The molecule has 1 N–H and O–H groups in total. The molecule has 0 aromatic heterocycles. The lowest BCUT2D eigenvalue weighted by molar-refractivity contribution is -0.123. The van der Waals surface area contributed by atoms with Gasteiger partial charge in [-0.05, 0) is 43.9 Å². The van der Waals surface area contributed by atoms with Gasteiger partial charge in [0.05, 0.1) is 14.2 Å². The van der Waals surface area contributed by atoms with E-state index in [1.165, 1.54) is 20.3 Å². The van der Waals surface area contributed by atoms with Gasteiger partial charge in [0, 0.05) is 6.04 Å². The van der Waals surface area contributed by atoms with Crippen molar-refractivity contribution in [1.82, 2.24) is 5.32 Å². The Hall–Kier alpha value is -2.24. The monoisotopic (exact) mass is 307 g/mol. The fourth-order valence-corrected chi connectivity index (χ4v) is 2.18. The average Bonchev–Trinajstić information content (AvgIpc) is 3.36. The van der Waals surface area contributed by atoms with Gasteiger partial charge in [-0.15, -0.1) is 0 Å². The van der Waals surface area contributed by atoms with Gasteiger partial charge < -0.3 is 19.5 Å². The van der Waals surface area contributed by atoms with E-state index >= 15 is 0 Å². The highest BCUT2D eigenvalue weighted by Gasteiger charge is 2.29. The number of carbonyl (C=O) groups is 2. The molecule has 120 valence electrons. The number of esters is 1. The van der Waals surface area contributed by atoms with Crippen LogP contribution in [0.3, 0.4) is 0 Å². The number of hydrogen-bond donors (Lipinski definition) is 1. The summed E-state index contributed by atoms with van der Waals surface area (Å²) in [6.45, 7) is 1.84. The van der Waals surface area contributed by atoms with Crippen molar-refractivity contribution in [2.45, 2.75) is 25.8 Å². The van der Waals surface area contributed by atoms with E-state index in [-0.39, 0.29) is 24.1 Å². The summed E-state index contributed by atoms with van der Waals surface area (Å²) in [5, 5.41) is 2.89.